The zero-order valence-electron chi connectivity index (χ0n) is 20.7. The van der Waals surface area contributed by atoms with Gasteiger partial charge in [0.1, 0.15) is 42.1 Å². The molecule has 2 fully saturated rings. The molecule has 4 N–H and O–H groups in total. The highest BCUT2D eigenvalue weighted by molar-refractivity contribution is 6.31. The van der Waals surface area contributed by atoms with Crippen LogP contribution in [-0.4, -0.2) is 71.1 Å². The Balaban J connectivity index is 1.17. The third kappa shape index (κ3) is 5.81. The zero-order chi connectivity index (χ0) is 26.8. The molecule has 0 radical (unpaired) electrons. The fourth-order valence-electron chi connectivity index (χ4n) is 4.96. The first-order valence-corrected chi connectivity index (χ1v) is 13.0. The Labute approximate surface area is 225 Å². The van der Waals surface area contributed by atoms with Crippen molar-refractivity contribution in [2.75, 3.05) is 31.2 Å². The van der Waals surface area contributed by atoms with Gasteiger partial charge in [0.05, 0.1) is 13.2 Å². The van der Waals surface area contributed by atoms with Gasteiger partial charge in [-0.25, -0.2) is 4.39 Å². The van der Waals surface area contributed by atoms with E-state index in [4.69, 9.17) is 21.1 Å². The molecule has 2 heterocycles. The molecular weight excluding hydrogens is 513 g/mol. The number of aliphatic hydroxyl groups excluding tert-OH is 4. The Bertz CT molecular complexity index is 1220. The van der Waals surface area contributed by atoms with E-state index in [1.54, 1.807) is 24.3 Å². The molecule has 0 spiro atoms. The van der Waals surface area contributed by atoms with Crippen LogP contribution in [0.2, 0.25) is 5.02 Å². The summed E-state index contributed by atoms with van der Waals surface area (Å²) in [4.78, 5) is 2.19. The molecule has 3 aromatic rings. The van der Waals surface area contributed by atoms with Gasteiger partial charge in [-0.1, -0.05) is 35.9 Å². The van der Waals surface area contributed by atoms with Crippen LogP contribution in [0.25, 0.3) is 0 Å². The van der Waals surface area contributed by atoms with Crippen LogP contribution in [-0.2, 0) is 11.2 Å². The van der Waals surface area contributed by atoms with Gasteiger partial charge in [-0.3, -0.25) is 0 Å². The molecule has 7 nitrogen and oxygen atoms in total. The second-order valence-corrected chi connectivity index (χ2v) is 10.4. The molecule has 3 aromatic carbocycles. The number of halogens is 2. The van der Waals surface area contributed by atoms with E-state index in [9.17, 15) is 24.8 Å². The topological polar surface area (TPSA) is 103 Å². The van der Waals surface area contributed by atoms with E-state index < -0.39 is 37.1 Å². The maximum atomic E-state index is 13.1. The first-order chi connectivity index (χ1) is 18.3. The lowest BCUT2D eigenvalue weighted by atomic mass is 9.90. The van der Waals surface area contributed by atoms with E-state index in [1.165, 1.54) is 12.1 Å². The van der Waals surface area contributed by atoms with Gasteiger partial charge in [-0.05, 0) is 65.6 Å². The summed E-state index contributed by atoms with van der Waals surface area (Å²) in [5.74, 6) is 0.945. The van der Waals surface area contributed by atoms with E-state index >= 15 is 0 Å². The summed E-state index contributed by atoms with van der Waals surface area (Å²) in [6, 6.07) is 19.5. The minimum absolute atomic E-state index is 0.235. The zero-order valence-corrected chi connectivity index (χ0v) is 21.4. The molecule has 5 atom stereocenters. The summed E-state index contributed by atoms with van der Waals surface area (Å²) in [7, 11) is 0. The van der Waals surface area contributed by atoms with E-state index in [0.717, 1.165) is 35.7 Å². The molecule has 2 saturated heterocycles. The molecule has 0 bridgehead atoms. The third-order valence-electron chi connectivity index (χ3n) is 7.24. The van der Waals surface area contributed by atoms with Gasteiger partial charge in [0.2, 0.25) is 0 Å². The van der Waals surface area contributed by atoms with Crippen LogP contribution in [0.15, 0.2) is 66.7 Å². The molecular formula is C29H31ClFNO6. The highest BCUT2D eigenvalue weighted by Crippen LogP contribution is 2.34. The maximum absolute atomic E-state index is 13.1. The quantitative estimate of drug-likeness (QED) is 0.346. The molecule has 2 aliphatic rings. The van der Waals surface area contributed by atoms with Gasteiger partial charge in [-0.2, -0.15) is 0 Å². The molecule has 0 amide bonds. The Kier molecular flexibility index (Phi) is 8.18. The summed E-state index contributed by atoms with van der Waals surface area (Å²) in [5, 5.41) is 40.7. The number of anilines is 1. The summed E-state index contributed by atoms with van der Waals surface area (Å²) in [6.45, 7) is 1.85. The first-order valence-electron chi connectivity index (χ1n) is 12.6. The Hall–Kier alpha value is -2.72. The molecule has 38 heavy (non-hydrogen) atoms. The van der Waals surface area contributed by atoms with Gasteiger partial charge in [0.25, 0.3) is 0 Å². The van der Waals surface area contributed by atoms with Crippen LogP contribution >= 0.6 is 11.6 Å². The second kappa shape index (κ2) is 11.6. The van der Waals surface area contributed by atoms with Crippen molar-refractivity contribution in [3.63, 3.8) is 0 Å². The van der Waals surface area contributed by atoms with Crippen molar-refractivity contribution in [3.05, 3.63) is 94.3 Å². The van der Waals surface area contributed by atoms with Gasteiger partial charge < -0.3 is 34.8 Å². The van der Waals surface area contributed by atoms with Crippen LogP contribution in [0.4, 0.5) is 10.1 Å². The van der Waals surface area contributed by atoms with E-state index in [2.05, 4.69) is 4.90 Å². The molecule has 202 valence electrons. The molecule has 2 aliphatic heterocycles. The molecule has 0 aromatic heterocycles. The number of rotatable bonds is 8. The van der Waals surface area contributed by atoms with Gasteiger partial charge >= 0.3 is 0 Å². The second-order valence-electron chi connectivity index (χ2n) is 9.98. The minimum Gasteiger partial charge on any atom is -0.493 e. The number of aliphatic hydroxyl groups is 4. The van der Waals surface area contributed by atoms with Crippen LogP contribution in [0.3, 0.4) is 0 Å². The number of hydrogen-bond acceptors (Lipinski definition) is 7. The smallest absolute Gasteiger partial charge is 0.123 e. The van der Waals surface area contributed by atoms with Crippen molar-refractivity contribution in [2.45, 2.75) is 36.9 Å². The third-order valence-corrected chi connectivity index (χ3v) is 7.61. The summed E-state index contributed by atoms with van der Waals surface area (Å²) >= 11 is 6.45. The normalized spacial score (nSPS) is 25.7. The lowest BCUT2D eigenvalue weighted by Gasteiger charge is -2.40. The standard InChI is InChI=1S/C29H31ClFNO6/c30-24-10-3-19(29-28(36)27(35)26(34)25(15-33)38-29)12-20(24)11-17-1-8-23(9-2-17)37-16-18-13-32(14-18)22-6-4-21(31)5-7-22/h1-10,12,18,25-29,33-36H,11,13-16H2/t25-,26-,27+,28-,29+/m1/s1. The minimum atomic E-state index is -1.44. The van der Waals surface area contributed by atoms with Gasteiger partial charge in [0, 0.05) is 29.7 Å². The van der Waals surface area contributed by atoms with Gasteiger partial charge in [-0.15, -0.1) is 0 Å². The lowest BCUT2D eigenvalue weighted by molar-refractivity contribution is -0.231. The van der Waals surface area contributed by atoms with Crippen molar-refractivity contribution in [3.8, 4) is 5.75 Å². The van der Waals surface area contributed by atoms with Crippen molar-refractivity contribution >= 4 is 17.3 Å². The van der Waals surface area contributed by atoms with Crippen molar-refractivity contribution in [1.82, 2.24) is 0 Å². The highest BCUT2D eigenvalue weighted by Gasteiger charge is 2.44. The SMILES string of the molecule is OC[C@H]1O[C@@H](c2ccc(Cl)c(Cc3ccc(OCC4CN(c5ccc(F)cc5)C4)cc3)c2)[C@H](O)[C@@H](O)[C@@H]1O. The maximum Gasteiger partial charge on any atom is 0.123 e. The summed E-state index contributed by atoms with van der Waals surface area (Å²) < 4.78 is 24.8. The van der Waals surface area contributed by atoms with Gasteiger partial charge in [0.15, 0.2) is 0 Å². The predicted octanol–water partition coefficient (Wildman–Crippen LogP) is 3.10. The summed E-state index contributed by atoms with van der Waals surface area (Å²) in [6.07, 6.45) is -5.56. The highest BCUT2D eigenvalue weighted by atomic mass is 35.5. The van der Waals surface area contributed by atoms with Crippen molar-refractivity contribution in [2.24, 2.45) is 5.92 Å². The average Bonchev–Trinajstić information content (AvgIpc) is 2.90. The van der Waals surface area contributed by atoms with Crippen LogP contribution in [0.1, 0.15) is 22.8 Å². The Morgan fingerprint density at radius 1 is 0.921 bits per heavy atom. The number of hydrogen-bond donors (Lipinski definition) is 4. The predicted molar refractivity (Wildman–Crippen MR) is 141 cm³/mol. The number of ether oxygens (including phenoxy) is 2. The Morgan fingerprint density at radius 3 is 2.32 bits per heavy atom. The fraction of sp³-hybridized carbons (Fsp3) is 0.379. The molecule has 0 saturated carbocycles. The van der Waals surface area contributed by atoms with Crippen LogP contribution < -0.4 is 9.64 Å². The lowest BCUT2D eigenvalue weighted by Crippen LogP contribution is -2.55. The van der Waals surface area contributed by atoms with Crippen LogP contribution in [0.5, 0.6) is 5.75 Å². The first kappa shape index (κ1) is 26.9. The van der Waals surface area contributed by atoms with Crippen molar-refractivity contribution in [1.29, 1.82) is 0 Å². The van der Waals surface area contributed by atoms with E-state index in [-0.39, 0.29) is 5.82 Å². The van der Waals surface area contributed by atoms with E-state index in [0.29, 0.717) is 29.5 Å². The largest absolute Gasteiger partial charge is 0.493 e. The van der Waals surface area contributed by atoms with E-state index in [1.807, 2.05) is 30.3 Å². The average molecular weight is 544 g/mol. The number of benzene rings is 3. The Morgan fingerprint density at radius 2 is 1.63 bits per heavy atom. The molecule has 5 rings (SSSR count). The van der Waals surface area contributed by atoms with Crippen LogP contribution in [0, 0.1) is 11.7 Å². The molecule has 0 unspecified atom stereocenters. The fourth-order valence-corrected chi connectivity index (χ4v) is 5.14. The van der Waals surface area contributed by atoms with Crippen molar-refractivity contribution < 1.29 is 34.3 Å². The number of nitrogens with zero attached hydrogens (tertiary/aromatic N) is 1. The summed E-state index contributed by atoms with van der Waals surface area (Å²) in [5.41, 5.74) is 3.43. The molecule has 0 aliphatic carbocycles. The molecule has 9 heteroatoms. The monoisotopic (exact) mass is 543 g/mol.